The Morgan fingerprint density at radius 2 is 2.10 bits per heavy atom. The van der Waals surface area contributed by atoms with Gasteiger partial charge in [0.25, 0.3) is 0 Å². The van der Waals surface area contributed by atoms with Gasteiger partial charge in [0, 0.05) is 25.7 Å². The molecule has 0 aromatic carbocycles. The maximum atomic E-state index is 11.6. The lowest BCUT2D eigenvalue weighted by molar-refractivity contribution is -0.121. The number of anilines is 1. The van der Waals surface area contributed by atoms with Crippen LogP contribution in [-0.2, 0) is 11.3 Å². The van der Waals surface area contributed by atoms with E-state index in [1.54, 1.807) is 6.20 Å². The molecule has 0 spiro atoms. The van der Waals surface area contributed by atoms with E-state index in [-0.39, 0.29) is 5.91 Å². The highest BCUT2D eigenvalue weighted by Gasteiger charge is 2.13. The van der Waals surface area contributed by atoms with Crippen LogP contribution >= 0.6 is 0 Å². The fraction of sp³-hybridized carbons (Fsp3) is 0.667. The largest absolute Gasteiger partial charge is 0.350 e. The number of aromatic nitrogens is 2. The number of amides is 1. The van der Waals surface area contributed by atoms with Crippen LogP contribution in [0.1, 0.15) is 45.2 Å². The van der Waals surface area contributed by atoms with Crippen LogP contribution in [0, 0.1) is 5.92 Å². The molecule has 5 nitrogen and oxygen atoms in total. The first-order valence-electron chi connectivity index (χ1n) is 7.48. The SMILES string of the molecule is CC(C)CC(=O)NCc1ccnc(N2CCCCC2)n1. The summed E-state index contributed by atoms with van der Waals surface area (Å²) in [4.78, 5) is 22.8. The summed E-state index contributed by atoms with van der Waals surface area (Å²) in [7, 11) is 0. The Bertz CT molecular complexity index is 441. The lowest BCUT2D eigenvalue weighted by atomic mass is 10.1. The second-order valence-corrected chi connectivity index (χ2v) is 5.77. The van der Waals surface area contributed by atoms with Gasteiger partial charge < -0.3 is 10.2 Å². The summed E-state index contributed by atoms with van der Waals surface area (Å²) >= 11 is 0. The number of hydrogen-bond acceptors (Lipinski definition) is 4. The zero-order chi connectivity index (χ0) is 14.4. The molecule has 110 valence electrons. The second kappa shape index (κ2) is 7.22. The first-order valence-corrected chi connectivity index (χ1v) is 7.48. The Labute approximate surface area is 120 Å². The van der Waals surface area contributed by atoms with Crippen molar-refractivity contribution in [3.8, 4) is 0 Å². The molecule has 1 amide bonds. The third kappa shape index (κ3) is 4.47. The third-order valence-electron chi connectivity index (χ3n) is 3.40. The summed E-state index contributed by atoms with van der Waals surface area (Å²) in [6, 6.07) is 1.86. The average molecular weight is 276 g/mol. The molecule has 20 heavy (non-hydrogen) atoms. The molecule has 0 atom stereocenters. The quantitative estimate of drug-likeness (QED) is 0.895. The van der Waals surface area contributed by atoms with Crippen molar-refractivity contribution >= 4 is 11.9 Å². The summed E-state index contributed by atoms with van der Waals surface area (Å²) in [6.07, 6.45) is 6.05. The van der Waals surface area contributed by atoms with Gasteiger partial charge in [-0.15, -0.1) is 0 Å². The second-order valence-electron chi connectivity index (χ2n) is 5.77. The molecule has 1 aromatic rings. The molecule has 1 aromatic heterocycles. The van der Waals surface area contributed by atoms with E-state index in [9.17, 15) is 4.79 Å². The minimum Gasteiger partial charge on any atom is -0.350 e. The standard InChI is InChI=1S/C15H24N4O/c1-12(2)10-14(20)17-11-13-6-7-16-15(18-13)19-8-4-3-5-9-19/h6-7,12H,3-5,8-11H2,1-2H3,(H,17,20). The van der Waals surface area contributed by atoms with Crippen molar-refractivity contribution in [2.75, 3.05) is 18.0 Å². The summed E-state index contributed by atoms with van der Waals surface area (Å²) in [6.45, 7) is 6.62. The van der Waals surface area contributed by atoms with Crippen LogP contribution in [0.25, 0.3) is 0 Å². The molecule has 1 fully saturated rings. The van der Waals surface area contributed by atoms with E-state index in [4.69, 9.17) is 0 Å². The number of carbonyl (C=O) groups excluding carboxylic acids is 1. The Morgan fingerprint density at radius 3 is 2.80 bits per heavy atom. The number of carbonyl (C=O) groups is 1. The Balaban J connectivity index is 1.90. The van der Waals surface area contributed by atoms with Gasteiger partial charge in [0.05, 0.1) is 12.2 Å². The van der Waals surface area contributed by atoms with Crippen molar-refractivity contribution in [3.05, 3.63) is 18.0 Å². The van der Waals surface area contributed by atoms with E-state index < -0.39 is 0 Å². The Morgan fingerprint density at radius 1 is 1.35 bits per heavy atom. The highest BCUT2D eigenvalue weighted by Crippen LogP contribution is 2.15. The fourth-order valence-corrected chi connectivity index (χ4v) is 2.36. The summed E-state index contributed by atoms with van der Waals surface area (Å²) in [5.41, 5.74) is 0.873. The molecular formula is C15H24N4O. The molecule has 0 bridgehead atoms. The zero-order valence-corrected chi connectivity index (χ0v) is 12.4. The van der Waals surface area contributed by atoms with E-state index in [2.05, 4.69) is 20.2 Å². The molecule has 1 saturated heterocycles. The van der Waals surface area contributed by atoms with E-state index in [1.807, 2.05) is 19.9 Å². The van der Waals surface area contributed by atoms with Crippen molar-refractivity contribution in [2.45, 2.75) is 46.1 Å². The van der Waals surface area contributed by atoms with Crippen LogP contribution in [0.4, 0.5) is 5.95 Å². The van der Waals surface area contributed by atoms with Crippen LogP contribution in [-0.4, -0.2) is 29.0 Å². The predicted molar refractivity (Wildman–Crippen MR) is 79.4 cm³/mol. The van der Waals surface area contributed by atoms with Crippen LogP contribution in [0.15, 0.2) is 12.3 Å². The van der Waals surface area contributed by atoms with Crippen LogP contribution in [0.3, 0.4) is 0 Å². The maximum Gasteiger partial charge on any atom is 0.225 e. The van der Waals surface area contributed by atoms with E-state index in [0.29, 0.717) is 18.9 Å². The van der Waals surface area contributed by atoms with Gasteiger partial charge in [-0.05, 0) is 31.2 Å². The van der Waals surface area contributed by atoms with Gasteiger partial charge in [-0.2, -0.15) is 0 Å². The number of piperidine rings is 1. The topological polar surface area (TPSA) is 58.1 Å². The molecule has 0 aliphatic carbocycles. The smallest absolute Gasteiger partial charge is 0.225 e. The molecule has 5 heteroatoms. The Kier molecular flexibility index (Phi) is 5.32. The van der Waals surface area contributed by atoms with Crippen LogP contribution < -0.4 is 10.2 Å². The van der Waals surface area contributed by atoms with Gasteiger partial charge in [0.1, 0.15) is 0 Å². The fourth-order valence-electron chi connectivity index (χ4n) is 2.36. The number of hydrogen-bond donors (Lipinski definition) is 1. The van der Waals surface area contributed by atoms with E-state index >= 15 is 0 Å². The van der Waals surface area contributed by atoms with Gasteiger partial charge in [0.2, 0.25) is 11.9 Å². The molecule has 2 rings (SSSR count). The average Bonchev–Trinajstić information content (AvgIpc) is 2.46. The van der Waals surface area contributed by atoms with Gasteiger partial charge in [-0.1, -0.05) is 13.8 Å². The molecule has 0 radical (unpaired) electrons. The number of nitrogens with zero attached hydrogens (tertiary/aromatic N) is 3. The molecule has 1 N–H and O–H groups in total. The van der Waals surface area contributed by atoms with Crippen molar-refractivity contribution in [2.24, 2.45) is 5.92 Å². The van der Waals surface area contributed by atoms with Crippen LogP contribution in [0.2, 0.25) is 0 Å². The van der Waals surface area contributed by atoms with E-state index in [0.717, 1.165) is 24.7 Å². The van der Waals surface area contributed by atoms with Crippen molar-refractivity contribution in [3.63, 3.8) is 0 Å². The summed E-state index contributed by atoms with van der Waals surface area (Å²) in [5, 5.41) is 2.91. The van der Waals surface area contributed by atoms with Crippen molar-refractivity contribution in [1.29, 1.82) is 0 Å². The molecular weight excluding hydrogens is 252 g/mol. The minimum atomic E-state index is 0.0816. The Hall–Kier alpha value is -1.65. The summed E-state index contributed by atoms with van der Waals surface area (Å²) in [5.74, 6) is 1.25. The lowest BCUT2D eigenvalue weighted by Gasteiger charge is -2.26. The van der Waals surface area contributed by atoms with Gasteiger partial charge in [-0.3, -0.25) is 4.79 Å². The first kappa shape index (κ1) is 14.8. The number of rotatable bonds is 5. The molecule has 2 heterocycles. The molecule has 0 unspecified atom stereocenters. The predicted octanol–water partition coefficient (Wildman–Crippen LogP) is 2.13. The first-order chi connectivity index (χ1) is 9.65. The normalized spacial score (nSPS) is 15.4. The molecule has 0 saturated carbocycles. The number of nitrogens with one attached hydrogen (secondary N) is 1. The lowest BCUT2D eigenvalue weighted by Crippen LogP contribution is -2.31. The highest BCUT2D eigenvalue weighted by molar-refractivity contribution is 5.75. The summed E-state index contributed by atoms with van der Waals surface area (Å²) < 4.78 is 0. The molecule has 1 aliphatic rings. The monoisotopic (exact) mass is 276 g/mol. The minimum absolute atomic E-state index is 0.0816. The highest BCUT2D eigenvalue weighted by atomic mass is 16.1. The van der Waals surface area contributed by atoms with Gasteiger partial charge in [0.15, 0.2) is 0 Å². The zero-order valence-electron chi connectivity index (χ0n) is 12.4. The maximum absolute atomic E-state index is 11.6. The molecule has 1 aliphatic heterocycles. The van der Waals surface area contributed by atoms with Crippen molar-refractivity contribution < 1.29 is 4.79 Å². The van der Waals surface area contributed by atoms with Crippen LogP contribution in [0.5, 0.6) is 0 Å². The third-order valence-corrected chi connectivity index (χ3v) is 3.40. The van der Waals surface area contributed by atoms with Gasteiger partial charge in [-0.25, -0.2) is 9.97 Å². The van der Waals surface area contributed by atoms with E-state index in [1.165, 1.54) is 19.3 Å². The van der Waals surface area contributed by atoms with Gasteiger partial charge >= 0.3 is 0 Å². The van der Waals surface area contributed by atoms with Crippen molar-refractivity contribution in [1.82, 2.24) is 15.3 Å².